The average molecular weight is 565 g/mol. The first kappa shape index (κ1) is 30.1. The first-order valence-electron chi connectivity index (χ1n) is 11.0. The van der Waals surface area contributed by atoms with E-state index in [1.165, 1.54) is 66.1 Å². The van der Waals surface area contributed by atoms with Crippen molar-refractivity contribution < 1.29 is 49.0 Å². The maximum absolute atomic E-state index is 3.36. The molecule has 0 heterocycles. The zero-order valence-corrected chi connectivity index (χ0v) is 24.1. The Bertz CT molecular complexity index is 1150. The zero-order chi connectivity index (χ0) is 22.9. The van der Waals surface area contributed by atoms with Crippen LogP contribution in [0.2, 0.25) is 0 Å². The third-order valence-corrected chi connectivity index (χ3v) is 7.33. The summed E-state index contributed by atoms with van der Waals surface area (Å²) in [5.74, 6) is 0.560. The van der Waals surface area contributed by atoms with Crippen molar-refractivity contribution in [1.29, 1.82) is 0 Å². The Labute approximate surface area is 232 Å². The molecule has 0 fully saturated rings. The van der Waals surface area contributed by atoms with E-state index in [2.05, 4.69) is 137 Å². The molecule has 5 rings (SSSR count). The molecular weight excluding hydrogens is 534 g/mol. The molecule has 1 unspecified atom stereocenters. The molecule has 34 heavy (non-hydrogen) atoms. The van der Waals surface area contributed by atoms with Crippen molar-refractivity contribution in [2.24, 2.45) is 5.92 Å². The van der Waals surface area contributed by atoms with Crippen LogP contribution < -0.4 is 24.8 Å². The van der Waals surface area contributed by atoms with Crippen LogP contribution in [0.3, 0.4) is 0 Å². The number of fused-ring (bicyclic) bond motifs is 1. The van der Waals surface area contributed by atoms with Gasteiger partial charge in [0.05, 0.1) is 0 Å². The molecule has 4 aromatic carbocycles. The van der Waals surface area contributed by atoms with Crippen LogP contribution in [0, 0.1) is 12.0 Å². The van der Waals surface area contributed by atoms with Gasteiger partial charge < -0.3 is 24.8 Å². The molecule has 0 radical (unpaired) electrons. The molecule has 1 aliphatic rings. The summed E-state index contributed by atoms with van der Waals surface area (Å²) in [6.07, 6.45) is 3.36. The van der Waals surface area contributed by atoms with Gasteiger partial charge in [0.25, 0.3) is 0 Å². The van der Waals surface area contributed by atoms with Gasteiger partial charge in [0.2, 0.25) is 0 Å². The standard InChI is InChI=1S/C13H10.C9H7.C9H13.2ClH.Zr/c1-3-7-12(8-4-1)11-13-9-5-2-6-10-13;1-2-5-9-7-3-6-8(9)4-1;1-6-5-7(2)9(4)8(6)3;;;/h1-10H;1-7H;6H,1-4H3;2*1H;/q;2*-1;;;+2/p-2. The Kier molecular flexibility index (Phi) is 13.4. The number of allylic oxidation sites excluding steroid dienone is 4. The smallest absolute Gasteiger partial charge is 0.0809 e. The zero-order valence-electron chi connectivity index (χ0n) is 20.1. The predicted octanol–water partition coefficient (Wildman–Crippen LogP) is 2.09. The normalized spacial score (nSPS) is 13.9. The average Bonchev–Trinajstić information content (AvgIpc) is 3.41. The van der Waals surface area contributed by atoms with Crippen molar-refractivity contribution in [3.8, 4) is 0 Å². The van der Waals surface area contributed by atoms with Gasteiger partial charge in [-0.15, -0.1) is 36.6 Å². The molecule has 0 bridgehead atoms. The summed E-state index contributed by atoms with van der Waals surface area (Å²) < 4.78 is 1.42. The molecule has 0 amide bonds. The van der Waals surface area contributed by atoms with E-state index in [9.17, 15) is 0 Å². The minimum Gasteiger partial charge on any atom is -0.168 e. The number of halogens is 2. The van der Waals surface area contributed by atoms with Crippen LogP contribution in [-0.2, 0) is 24.2 Å². The summed E-state index contributed by atoms with van der Waals surface area (Å²) >= 11 is 1.46. The number of benzene rings is 3. The Hall–Kier alpha value is -1.92. The van der Waals surface area contributed by atoms with Gasteiger partial charge in [-0.2, -0.15) is 28.7 Å². The van der Waals surface area contributed by atoms with Gasteiger partial charge in [-0.05, 0) is 0 Å². The van der Waals surface area contributed by atoms with E-state index in [1.54, 1.807) is 0 Å². The van der Waals surface area contributed by atoms with E-state index >= 15 is 0 Å². The monoisotopic (exact) mass is 562 g/mol. The number of rotatable bonds is 2. The van der Waals surface area contributed by atoms with Crippen LogP contribution in [-0.4, -0.2) is 3.21 Å². The van der Waals surface area contributed by atoms with Gasteiger partial charge in [-0.25, -0.2) is 5.57 Å². The van der Waals surface area contributed by atoms with Crippen molar-refractivity contribution in [1.82, 2.24) is 0 Å². The molecule has 0 aliphatic heterocycles. The predicted molar refractivity (Wildman–Crippen MR) is 136 cm³/mol. The van der Waals surface area contributed by atoms with Crippen LogP contribution in [0.1, 0.15) is 38.8 Å². The Morgan fingerprint density at radius 3 is 1.65 bits per heavy atom. The second kappa shape index (κ2) is 15.2. The van der Waals surface area contributed by atoms with Crippen molar-refractivity contribution >= 4 is 14.0 Å². The Morgan fingerprint density at radius 2 is 1.24 bits per heavy atom. The molecule has 0 saturated carbocycles. The maximum atomic E-state index is 3.36. The van der Waals surface area contributed by atoms with Crippen LogP contribution in [0.4, 0.5) is 0 Å². The topological polar surface area (TPSA) is 0 Å². The van der Waals surface area contributed by atoms with Crippen LogP contribution >= 0.6 is 0 Å². The summed E-state index contributed by atoms with van der Waals surface area (Å²) in [6.45, 7) is 8.67. The van der Waals surface area contributed by atoms with Crippen molar-refractivity contribution in [3.05, 3.63) is 137 Å². The van der Waals surface area contributed by atoms with E-state index in [4.69, 9.17) is 0 Å². The Morgan fingerprint density at radius 1 is 0.735 bits per heavy atom. The quantitative estimate of drug-likeness (QED) is 0.328. The molecule has 0 saturated heterocycles. The molecule has 0 aromatic heterocycles. The first-order chi connectivity index (χ1) is 15.5. The van der Waals surface area contributed by atoms with Crippen molar-refractivity contribution in [2.75, 3.05) is 0 Å². The van der Waals surface area contributed by atoms with Gasteiger partial charge in [-0.1, -0.05) is 32.8 Å². The first-order valence-corrected chi connectivity index (χ1v) is 12.3. The largest absolute Gasteiger partial charge is 0.168 e. The molecule has 0 nitrogen and oxygen atoms in total. The van der Waals surface area contributed by atoms with Gasteiger partial charge in [0, 0.05) is 0 Å². The SMILES string of the molecule is CC1=[C-]C(C)C(C)=C1C.[Cl-].[Cl-].[Zr+2]=[C](c1ccccc1)c1ccccc1.c1ccc2[cH-]ccc2c1. The fourth-order valence-corrected chi connectivity index (χ4v) is 4.43. The van der Waals surface area contributed by atoms with Gasteiger partial charge >= 0.3 is 99.2 Å². The molecule has 3 heteroatoms. The minimum absolute atomic E-state index is 0. The van der Waals surface area contributed by atoms with Gasteiger partial charge in [0.1, 0.15) is 0 Å². The summed E-state index contributed by atoms with van der Waals surface area (Å²) in [6, 6.07) is 35.8. The number of hydrogen-bond donors (Lipinski definition) is 0. The molecule has 4 aromatic rings. The van der Waals surface area contributed by atoms with Crippen LogP contribution in [0.15, 0.2) is 120 Å². The van der Waals surface area contributed by atoms with E-state index in [1.807, 2.05) is 0 Å². The molecule has 1 aliphatic carbocycles. The molecule has 1 atom stereocenters. The van der Waals surface area contributed by atoms with E-state index < -0.39 is 0 Å². The third-order valence-electron chi connectivity index (χ3n) is 5.91. The van der Waals surface area contributed by atoms with Gasteiger partial charge in [-0.3, -0.25) is 6.08 Å². The van der Waals surface area contributed by atoms with Crippen LogP contribution in [0.25, 0.3) is 10.8 Å². The fourth-order valence-electron chi connectivity index (χ4n) is 3.61. The van der Waals surface area contributed by atoms with E-state index in [0.717, 1.165) is 0 Å². The van der Waals surface area contributed by atoms with Crippen molar-refractivity contribution in [2.45, 2.75) is 27.7 Å². The van der Waals surface area contributed by atoms with E-state index in [0.29, 0.717) is 5.92 Å². The summed E-state index contributed by atoms with van der Waals surface area (Å²) in [5.41, 5.74) is 6.91. The molecule has 174 valence electrons. The minimum atomic E-state index is 0. The third kappa shape index (κ3) is 8.39. The second-order valence-corrected chi connectivity index (χ2v) is 9.29. The fraction of sp³-hybridized carbons (Fsp3) is 0.161. The summed E-state index contributed by atoms with van der Waals surface area (Å²) in [4.78, 5) is 0. The molecule has 0 spiro atoms. The molecule has 0 N–H and O–H groups in total. The Balaban J connectivity index is 0.000000257. The van der Waals surface area contributed by atoms with Gasteiger partial charge in [0.15, 0.2) is 0 Å². The van der Waals surface area contributed by atoms with Crippen molar-refractivity contribution in [3.63, 3.8) is 0 Å². The van der Waals surface area contributed by atoms with E-state index in [-0.39, 0.29) is 24.8 Å². The summed E-state index contributed by atoms with van der Waals surface area (Å²) in [7, 11) is 0. The molecular formula is C31H30Cl2Zr-2. The second-order valence-electron chi connectivity index (χ2n) is 8.06. The number of hydrogen-bond acceptors (Lipinski definition) is 0. The van der Waals surface area contributed by atoms with Crippen LogP contribution in [0.5, 0.6) is 0 Å². The summed E-state index contributed by atoms with van der Waals surface area (Å²) in [5, 5.41) is 2.66. The maximum Gasteiger partial charge on any atom is -0.0809 e.